The van der Waals surface area contributed by atoms with Gasteiger partial charge in [-0.25, -0.2) is 4.39 Å². The molecule has 0 aromatic heterocycles. The Morgan fingerprint density at radius 2 is 1.81 bits per heavy atom. The highest BCUT2D eigenvalue weighted by Crippen LogP contribution is 2.22. The molecule has 0 unspecified atom stereocenters. The predicted octanol–water partition coefficient (Wildman–Crippen LogP) is 3.07. The van der Waals surface area contributed by atoms with Crippen LogP contribution in [0.2, 0.25) is 0 Å². The first-order chi connectivity index (χ1) is 10.0. The number of amides is 1. The van der Waals surface area contributed by atoms with Crippen LogP contribution in [0.1, 0.15) is 0 Å². The summed E-state index contributed by atoms with van der Waals surface area (Å²) in [6, 6.07) is 13.6. The Labute approximate surface area is 123 Å². The van der Waals surface area contributed by atoms with E-state index in [1.165, 1.54) is 6.07 Å². The SMILES string of the molecule is CN(C)CC(=O)Nc1cccc(Nc2ccccc2F)c1. The maximum absolute atomic E-state index is 13.6. The zero-order valence-electron chi connectivity index (χ0n) is 12.1. The van der Waals surface area contributed by atoms with Gasteiger partial charge in [-0.15, -0.1) is 0 Å². The Bertz CT molecular complexity index is 628. The van der Waals surface area contributed by atoms with Crippen LogP contribution in [0.15, 0.2) is 48.5 Å². The molecule has 0 spiro atoms. The van der Waals surface area contributed by atoms with Gasteiger partial charge in [-0.3, -0.25) is 4.79 Å². The van der Waals surface area contributed by atoms with E-state index < -0.39 is 0 Å². The van der Waals surface area contributed by atoms with Gasteiger partial charge in [0.25, 0.3) is 0 Å². The van der Waals surface area contributed by atoms with Gasteiger partial charge in [-0.2, -0.15) is 0 Å². The third-order valence-electron chi connectivity index (χ3n) is 2.76. The number of likely N-dealkylation sites (N-methyl/N-ethyl adjacent to an activating group) is 1. The van der Waals surface area contributed by atoms with E-state index >= 15 is 0 Å². The van der Waals surface area contributed by atoms with Gasteiger partial charge in [0.15, 0.2) is 0 Å². The molecule has 1 amide bonds. The number of rotatable bonds is 5. The third kappa shape index (κ3) is 4.57. The van der Waals surface area contributed by atoms with Crippen molar-refractivity contribution in [3.8, 4) is 0 Å². The summed E-state index contributed by atoms with van der Waals surface area (Å²) in [5.74, 6) is -0.414. The maximum atomic E-state index is 13.6. The molecule has 21 heavy (non-hydrogen) atoms. The molecule has 0 saturated heterocycles. The van der Waals surface area contributed by atoms with E-state index in [4.69, 9.17) is 0 Å². The first-order valence-corrected chi connectivity index (χ1v) is 6.61. The van der Waals surface area contributed by atoms with Gasteiger partial charge in [0.2, 0.25) is 5.91 Å². The number of anilines is 3. The highest BCUT2D eigenvalue weighted by atomic mass is 19.1. The molecule has 2 N–H and O–H groups in total. The van der Waals surface area contributed by atoms with Gasteiger partial charge in [-0.05, 0) is 44.4 Å². The van der Waals surface area contributed by atoms with E-state index in [-0.39, 0.29) is 11.7 Å². The lowest BCUT2D eigenvalue weighted by Crippen LogP contribution is -2.27. The summed E-state index contributed by atoms with van der Waals surface area (Å²) in [5, 5.41) is 5.79. The number of halogens is 1. The van der Waals surface area contributed by atoms with Gasteiger partial charge in [0.1, 0.15) is 5.82 Å². The van der Waals surface area contributed by atoms with Crippen LogP contribution in [0.25, 0.3) is 0 Å². The van der Waals surface area contributed by atoms with Crippen molar-refractivity contribution in [1.82, 2.24) is 4.90 Å². The van der Waals surface area contributed by atoms with Crippen LogP contribution >= 0.6 is 0 Å². The van der Waals surface area contributed by atoms with Crippen LogP contribution in [-0.2, 0) is 4.79 Å². The average molecular weight is 287 g/mol. The Morgan fingerprint density at radius 1 is 1.10 bits per heavy atom. The fourth-order valence-corrected chi connectivity index (χ4v) is 1.88. The lowest BCUT2D eigenvalue weighted by atomic mass is 10.2. The zero-order valence-corrected chi connectivity index (χ0v) is 12.1. The molecule has 0 saturated carbocycles. The highest BCUT2D eigenvalue weighted by Gasteiger charge is 2.05. The van der Waals surface area contributed by atoms with Crippen LogP contribution in [0, 0.1) is 5.82 Å². The smallest absolute Gasteiger partial charge is 0.238 e. The lowest BCUT2D eigenvalue weighted by molar-refractivity contribution is -0.116. The molecule has 2 aromatic rings. The second-order valence-corrected chi connectivity index (χ2v) is 4.97. The number of nitrogens with one attached hydrogen (secondary N) is 2. The van der Waals surface area contributed by atoms with Gasteiger partial charge < -0.3 is 15.5 Å². The Balaban J connectivity index is 2.08. The number of hydrogen-bond acceptors (Lipinski definition) is 3. The minimum Gasteiger partial charge on any atom is -0.353 e. The van der Waals surface area contributed by atoms with Crippen molar-refractivity contribution in [2.24, 2.45) is 0 Å². The van der Waals surface area contributed by atoms with Crippen molar-refractivity contribution in [1.29, 1.82) is 0 Å². The maximum Gasteiger partial charge on any atom is 0.238 e. The number of carbonyl (C=O) groups excluding carboxylic acids is 1. The summed E-state index contributed by atoms with van der Waals surface area (Å²) in [6.07, 6.45) is 0. The minimum atomic E-state index is -0.320. The van der Waals surface area contributed by atoms with Crippen LogP contribution in [-0.4, -0.2) is 31.4 Å². The van der Waals surface area contributed by atoms with Crippen molar-refractivity contribution >= 4 is 23.0 Å². The van der Waals surface area contributed by atoms with E-state index in [1.807, 2.05) is 20.2 Å². The largest absolute Gasteiger partial charge is 0.353 e. The van der Waals surface area contributed by atoms with E-state index in [0.29, 0.717) is 23.6 Å². The van der Waals surface area contributed by atoms with Crippen LogP contribution in [0.5, 0.6) is 0 Å². The fraction of sp³-hybridized carbons (Fsp3) is 0.188. The molecular weight excluding hydrogens is 269 g/mol. The van der Waals surface area contributed by atoms with E-state index in [9.17, 15) is 9.18 Å². The minimum absolute atomic E-state index is 0.0944. The lowest BCUT2D eigenvalue weighted by Gasteiger charge is -2.12. The molecule has 0 atom stereocenters. The molecule has 0 bridgehead atoms. The van der Waals surface area contributed by atoms with E-state index in [0.717, 1.165) is 0 Å². The van der Waals surface area contributed by atoms with Gasteiger partial charge >= 0.3 is 0 Å². The number of nitrogens with zero attached hydrogens (tertiary/aromatic N) is 1. The average Bonchev–Trinajstić information content (AvgIpc) is 2.41. The summed E-state index contributed by atoms with van der Waals surface area (Å²) in [4.78, 5) is 13.5. The fourth-order valence-electron chi connectivity index (χ4n) is 1.88. The number of hydrogen-bond donors (Lipinski definition) is 2. The van der Waals surface area contributed by atoms with Crippen molar-refractivity contribution in [3.05, 3.63) is 54.3 Å². The summed E-state index contributed by atoms with van der Waals surface area (Å²) < 4.78 is 13.6. The topological polar surface area (TPSA) is 44.4 Å². The molecule has 0 aliphatic carbocycles. The Morgan fingerprint density at radius 3 is 2.52 bits per heavy atom. The molecule has 2 aromatic carbocycles. The number of carbonyl (C=O) groups is 1. The normalized spacial score (nSPS) is 10.5. The standard InChI is InChI=1S/C16H18FN3O/c1-20(2)11-16(21)19-13-7-5-6-12(10-13)18-15-9-4-3-8-14(15)17/h3-10,18H,11H2,1-2H3,(H,19,21). The molecule has 0 aliphatic rings. The molecule has 0 aliphatic heterocycles. The predicted molar refractivity (Wildman–Crippen MR) is 83.3 cm³/mol. The summed E-state index contributed by atoms with van der Waals surface area (Å²) in [6.45, 7) is 0.310. The van der Waals surface area contributed by atoms with Gasteiger partial charge in [0.05, 0.1) is 12.2 Å². The first kappa shape index (κ1) is 15.0. The van der Waals surface area contributed by atoms with Crippen molar-refractivity contribution < 1.29 is 9.18 Å². The van der Waals surface area contributed by atoms with E-state index in [1.54, 1.807) is 41.3 Å². The molecule has 0 radical (unpaired) electrons. The van der Waals surface area contributed by atoms with Gasteiger partial charge in [-0.1, -0.05) is 18.2 Å². The molecule has 0 fully saturated rings. The molecule has 110 valence electrons. The van der Waals surface area contributed by atoms with Crippen molar-refractivity contribution in [3.63, 3.8) is 0 Å². The monoisotopic (exact) mass is 287 g/mol. The number of benzene rings is 2. The van der Waals surface area contributed by atoms with E-state index in [2.05, 4.69) is 10.6 Å². The first-order valence-electron chi connectivity index (χ1n) is 6.61. The van der Waals surface area contributed by atoms with Gasteiger partial charge in [0, 0.05) is 11.4 Å². The Hall–Kier alpha value is -2.40. The zero-order chi connectivity index (χ0) is 15.2. The second kappa shape index (κ2) is 6.85. The van der Waals surface area contributed by atoms with Crippen molar-refractivity contribution in [2.45, 2.75) is 0 Å². The second-order valence-electron chi connectivity index (χ2n) is 4.97. The summed E-state index contributed by atoms with van der Waals surface area (Å²) in [7, 11) is 3.66. The molecule has 4 nitrogen and oxygen atoms in total. The molecule has 2 rings (SSSR count). The summed E-state index contributed by atoms with van der Waals surface area (Å²) in [5.41, 5.74) is 1.78. The Kier molecular flexibility index (Phi) is 4.90. The van der Waals surface area contributed by atoms with Crippen LogP contribution < -0.4 is 10.6 Å². The van der Waals surface area contributed by atoms with Crippen LogP contribution in [0.4, 0.5) is 21.5 Å². The number of para-hydroxylation sites is 1. The third-order valence-corrected chi connectivity index (χ3v) is 2.76. The van der Waals surface area contributed by atoms with Crippen molar-refractivity contribution in [2.75, 3.05) is 31.3 Å². The summed E-state index contributed by atoms with van der Waals surface area (Å²) >= 11 is 0. The highest BCUT2D eigenvalue weighted by molar-refractivity contribution is 5.92. The van der Waals surface area contributed by atoms with Crippen LogP contribution in [0.3, 0.4) is 0 Å². The molecule has 5 heteroatoms. The molecular formula is C16H18FN3O. The molecule has 0 heterocycles. The quantitative estimate of drug-likeness (QED) is 0.888.